The fourth-order valence-corrected chi connectivity index (χ4v) is 9.08. The van der Waals surface area contributed by atoms with Gasteiger partial charge in [0.05, 0.1) is 24.4 Å². The number of carbonyl (C=O) groups excluding carboxylic acids is 4. The van der Waals surface area contributed by atoms with Crippen molar-refractivity contribution in [2.24, 2.45) is 29.6 Å². The Bertz CT molecular complexity index is 1440. The number of hydrogen-bond acceptors (Lipinski definition) is 11. The molecule has 12 nitrogen and oxygen atoms in total. The van der Waals surface area contributed by atoms with Gasteiger partial charge in [0.25, 0.3) is 11.7 Å². The number of methoxy groups -OCH3 is 3. The van der Waals surface area contributed by atoms with Crippen molar-refractivity contribution in [3.05, 3.63) is 35.5 Å². The fourth-order valence-electron chi connectivity index (χ4n) is 9.08. The summed E-state index contributed by atoms with van der Waals surface area (Å²) in [5.41, 5.74) is 1.82. The Hall–Kier alpha value is -2.74. The van der Waals surface area contributed by atoms with Gasteiger partial charge >= 0.3 is 5.97 Å². The highest BCUT2D eigenvalue weighted by Crippen LogP contribution is 2.39. The summed E-state index contributed by atoms with van der Waals surface area (Å²) in [6, 6.07) is -1.06. The quantitative estimate of drug-likeness (QED) is 0.206. The van der Waals surface area contributed by atoms with Crippen LogP contribution in [0.3, 0.4) is 0 Å². The molecule has 0 aromatic carbocycles. The van der Waals surface area contributed by atoms with Crippen molar-refractivity contribution in [2.45, 2.75) is 154 Å². The maximum atomic E-state index is 14.2. The first-order valence-electron chi connectivity index (χ1n) is 20.4. The number of hydrogen-bond donors (Lipinski definition) is 2. The van der Waals surface area contributed by atoms with Crippen molar-refractivity contribution >= 4 is 23.4 Å². The van der Waals surface area contributed by atoms with Crippen LogP contribution < -0.4 is 0 Å². The Morgan fingerprint density at radius 1 is 0.964 bits per heavy atom. The maximum absolute atomic E-state index is 14.2. The third kappa shape index (κ3) is 10.8. The lowest BCUT2D eigenvalue weighted by atomic mass is 9.82. The van der Waals surface area contributed by atoms with Crippen molar-refractivity contribution in [1.29, 1.82) is 0 Å². The number of Topliss-reactive ketones (excluding diaryl/α,β-unsaturated/α-hetero) is 1. The summed E-state index contributed by atoms with van der Waals surface area (Å²) in [5.74, 6) is -6.74. The highest BCUT2D eigenvalue weighted by molar-refractivity contribution is 6.39. The second-order valence-corrected chi connectivity index (χ2v) is 16.7. The molecule has 4 aliphatic rings. The Morgan fingerprint density at radius 2 is 1.64 bits per heavy atom. The molecule has 4 rings (SSSR count). The molecule has 1 amide bonds. The number of ether oxygens (including phenoxy) is 5. The number of cyclic esters (lactones) is 1. The van der Waals surface area contributed by atoms with Crippen molar-refractivity contribution in [3.63, 3.8) is 0 Å². The Labute approximate surface area is 328 Å². The highest BCUT2D eigenvalue weighted by atomic mass is 16.7. The number of aliphatic hydroxyl groups excluding tert-OH is 1. The lowest BCUT2D eigenvalue weighted by Crippen LogP contribution is -2.64. The van der Waals surface area contributed by atoms with E-state index in [-0.39, 0.29) is 49.0 Å². The topological polar surface area (TPSA) is 158 Å². The van der Waals surface area contributed by atoms with Gasteiger partial charge in [0, 0.05) is 45.6 Å². The highest BCUT2D eigenvalue weighted by Gasteiger charge is 2.56. The van der Waals surface area contributed by atoms with Gasteiger partial charge in [0.15, 0.2) is 5.78 Å². The third-order valence-corrected chi connectivity index (χ3v) is 12.4. The van der Waals surface area contributed by atoms with E-state index in [1.807, 2.05) is 33.8 Å². The van der Waals surface area contributed by atoms with Gasteiger partial charge in [-0.15, -0.1) is 0 Å². The number of esters is 1. The average molecular weight is 774 g/mol. The number of rotatable bonds is 6. The normalized spacial score (nSPS) is 41.0. The monoisotopic (exact) mass is 773 g/mol. The van der Waals surface area contributed by atoms with Crippen LogP contribution in [0.1, 0.15) is 106 Å². The van der Waals surface area contributed by atoms with E-state index < -0.39 is 71.8 Å². The summed E-state index contributed by atoms with van der Waals surface area (Å²) in [5, 5.41) is 22.4. The van der Waals surface area contributed by atoms with E-state index >= 15 is 0 Å². The number of nitrogens with zero attached hydrogens (tertiary/aromatic N) is 1. The second-order valence-electron chi connectivity index (χ2n) is 16.7. The van der Waals surface area contributed by atoms with Gasteiger partial charge in [-0.2, -0.15) is 0 Å². The summed E-state index contributed by atoms with van der Waals surface area (Å²) < 4.78 is 29.8. The summed E-state index contributed by atoms with van der Waals surface area (Å²) in [7, 11) is 4.68. The Balaban J connectivity index is 1.76. The number of carbonyl (C=O) groups is 4. The molecular formula is C43H67NO11. The number of aliphatic hydroxyl groups is 2. The van der Waals surface area contributed by atoms with Crippen LogP contribution >= 0.6 is 0 Å². The van der Waals surface area contributed by atoms with E-state index in [0.29, 0.717) is 44.9 Å². The standard InChI is InChI=1S/C43H67NO11/c1-10-31-20-25(2)19-26(3)21-36(52-8)39-37(53-9)23-29(6)43(50,55-39)40(47)41(48)44-18-12-11-13-32(44)42(49)54-38(27(4)14-16-33(31)45)28(5)22-30-15-17-34(46)35(24-30)51-7/h14,16,20,22,26-27,29-32,34-39,46,50H,10-13,15,17-19,21,23-24H2,1-9H3/b16-14+,25-20+,28-22+/t26-,27+,29+,30-,31+,32-,34+,35+,36-,37-,38+,39+,43+/m0/s1. The lowest BCUT2D eigenvalue weighted by molar-refractivity contribution is -0.302. The van der Waals surface area contributed by atoms with Crippen LogP contribution in [0.25, 0.3) is 0 Å². The minimum atomic E-state index is -2.47. The molecule has 3 heterocycles. The number of allylic oxidation sites excluding steroid dienone is 4. The van der Waals surface area contributed by atoms with Crippen molar-refractivity contribution in [1.82, 2.24) is 4.90 Å². The predicted octanol–water partition coefficient (Wildman–Crippen LogP) is 5.28. The van der Waals surface area contributed by atoms with Crippen LogP contribution in [0.2, 0.25) is 0 Å². The average Bonchev–Trinajstić information content (AvgIpc) is 3.17. The van der Waals surface area contributed by atoms with Crippen molar-refractivity contribution < 1.29 is 53.1 Å². The van der Waals surface area contributed by atoms with Gasteiger partial charge in [-0.3, -0.25) is 14.4 Å². The molecule has 1 saturated carbocycles. The van der Waals surface area contributed by atoms with Gasteiger partial charge in [-0.05, 0) is 102 Å². The first-order valence-corrected chi connectivity index (χ1v) is 20.4. The number of piperidine rings is 1. The second kappa shape index (κ2) is 20.1. The van der Waals surface area contributed by atoms with Gasteiger partial charge in [0.1, 0.15) is 18.2 Å². The number of ketones is 2. The molecule has 3 fully saturated rings. The van der Waals surface area contributed by atoms with Crippen LogP contribution in [0, 0.1) is 29.6 Å². The molecule has 2 saturated heterocycles. The van der Waals surface area contributed by atoms with E-state index in [1.54, 1.807) is 40.4 Å². The molecule has 0 unspecified atom stereocenters. The molecule has 0 radical (unpaired) electrons. The molecule has 0 spiro atoms. The molecule has 2 bridgehead atoms. The molecule has 1 aliphatic carbocycles. The number of fused-ring (bicyclic) bond motifs is 3. The molecule has 3 aliphatic heterocycles. The molecular weight excluding hydrogens is 706 g/mol. The number of amides is 1. The molecule has 12 heteroatoms. The summed E-state index contributed by atoms with van der Waals surface area (Å²) in [6.07, 6.45) is 9.26. The minimum absolute atomic E-state index is 0.0487. The van der Waals surface area contributed by atoms with Gasteiger partial charge in [0.2, 0.25) is 5.79 Å². The van der Waals surface area contributed by atoms with Crippen LogP contribution in [-0.2, 0) is 42.9 Å². The van der Waals surface area contributed by atoms with E-state index in [0.717, 1.165) is 17.6 Å². The first kappa shape index (κ1) is 45.0. The van der Waals surface area contributed by atoms with Crippen LogP contribution in [0.15, 0.2) is 35.5 Å². The summed E-state index contributed by atoms with van der Waals surface area (Å²) in [6.45, 7) is 11.6. The maximum Gasteiger partial charge on any atom is 0.329 e. The molecule has 0 aromatic rings. The largest absolute Gasteiger partial charge is 0.456 e. The van der Waals surface area contributed by atoms with Crippen LogP contribution in [0.5, 0.6) is 0 Å². The molecule has 0 aromatic heterocycles. The van der Waals surface area contributed by atoms with Gasteiger partial charge in [-0.1, -0.05) is 51.5 Å². The smallest absolute Gasteiger partial charge is 0.329 e. The zero-order chi connectivity index (χ0) is 40.6. The first-order chi connectivity index (χ1) is 26.1. The van der Waals surface area contributed by atoms with E-state index in [1.165, 1.54) is 4.90 Å². The van der Waals surface area contributed by atoms with Gasteiger partial charge in [-0.25, -0.2) is 4.79 Å². The van der Waals surface area contributed by atoms with E-state index in [9.17, 15) is 29.4 Å². The third-order valence-electron chi connectivity index (χ3n) is 12.4. The van der Waals surface area contributed by atoms with E-state index in [2.05, 4.69) is 13.0 Å². The fraction of sp³-hybridized carbons (Fsp3) is 0.767. The SMILES string of the molecule is CC[C@@H]1/C=C(\C)C[C@H](C)C[C@H](OC)[C@H]2O[C@@](O)(C(=O)C(=O)N3CCCC[C@H]3C(=O)O[C@@H](/C(C)=C/[C@@H]3CC[C@@H](O)[C@H](OC)C3)[C@H](C)/C=C/C1=O)[C@H](C)C[C@@H]2OC. The van der Waals surface area contributed by atoms with Crippen LogP contribution in [-0.4, -0.2) is 115 Å². The zero-order valence-electron chi connectivity index (χ0n) is 34.5. The molecule has 2 N–H and O–H groups in total. The lowest BCUT2D eigenvalue weighted by Gasteiger charge is -2.47. The molecule has 55 heavy (non-hydrogen) atoms. The van der Waals surface area contributed by atoms with Crippen molar-refractivity contribution in [2.75, 3.05) is 27.9 Å². The van der Waals surface area contributed by atoms with E-state index in [4.69, 9.17) is 23.7 Å². The minimum Gasteiger partial charge on any atom is -0.456 e. The summed E-state index contributed by atoms with van der Waals surface area (Å²) >= 11 is 0. The predicted molar refractivity (Wildman–Crippen MR) is 207 cm³/mol. The van der Waals surface area contributed by atoms with Crippen LogP contribution in [0.4, 0.5) is 0 Å². The molecule has 13 atom stereocenters. The molecule has 310 valence electrons. The Kier molecular flexibility index (Phi) is 16.4. The van der Waals surface area contributed by atoms with Crippen molar-refractivity contribution in [3.8, 4) is 0 Å². The van der Waals surface area contributed by atoms with Gasteiger partial charge < -0.3 is 38.8 Å². The summed E-state index contributed by atoms with van der Waals surface area (Å²) in [4.78, 5) is 57.5. The zero-order valence-corrected chi connectivity index (χ0v) is 34.5. The Morgan fingerprint density at radius 3 is 2.29 bits per heavy atom.